The molecule has 0 bridgehead atoms. The number of aliphatic hydroxyl groups excluding tert-OH is 1. The van der Waals surface area contributed by atoms with Gasteiger partial charge in [-0.1, -0.05) is 0 Å². The van der Waals surface area contributed by atoms with Gasteiger partial charge in [-0.15, -0.1) is 0 Å². The highest BCUT2D eigenvalue weighted by Crippen LogP contribution is 2.07. The molecule has 0 aliphatic rings. The summed E-state index contributed by atoms with van der Waals surface area (Å²) in [4.78, 5) is 4.07. The molecule has 0 saturated heterocycles. The van der Waals surface area contributed by atoms with Gasteiger partial charge in [0.25, 0.3) is 0 Å². The first-order valence-corrected chi connectivity index (χ1v) is 4.80. The molecule has 3 heteroatoms. The summed E-state index contributed by atoms with van der Waals surface area (Å²) in [5.74, 6) is 0. The Balaban J connectivity index is 2.58. The molecule has 0 spiro atoms. The van der Waals surface area contributed by atoms with Crippen molar-refractivity contribution in [1.82, 2.24) is 10.3 Å². The van der Waals surface area contributed by atoms with Crippen molar-refractivity contribution in [3.63, 3.8) is 0 Å². The molecule has 1 heterocycles. The SMILES string of the molecule is Cc1ccncc1CNC(C)(C)CO. The second-order valence-corrected chi connectivity index (χ2v) is 4.20. The zero-order valence-corrected chi connectivity index (χ0v) is 9.04. The van der Waals surface area contributed by atoms with Crippen LogP contribution in [0.5, 0.6) is 0 Å². The van der Waals surface area contributed by atoms with E-state index in [9.17, 15) is 0 Å². The van der Waals surface area contributed by atoms with Gasteiger partial charge in [-0.05, 0) is 38.0 Å². The minimum absolute atomic E-state index is 0.131. The molecule has 1 aromatic heterocycles. The van der Waals surface area contributed by atoms with E-state index in [1.54, 1.807) is 6.20 Å². The molecule has 2 N–H and O–H groups in total. The number of hydrogen-bond acceptors (Lipinski definition) is 3. The topological polar surface area (TPSA) is 45.2 Å². The molecule has 78 valence electrons. The van der Waals surface area contributed by atoms with Gasteiger partial charge in [0.2, 0.25) is 0 Å². The van der Waals surface area contributed by atoms with Crippen LogP contribution in [-0.2, 0) is 6.54 Å². The van der Waals surface area contributed by atoms with Gasteiger partial charge in [-0.3, -0.25) is 4.98 Å². The Bertz CT molecular complexity index is 297. The molecule has 1 rings (SSSR count). The largest absolute Gasteiger partial charge is 0.394 e. The van der Waals surface area contributed by atoms with Crippen LogP contribution in [0.15, 0.2) is 18.5 Å². The predicted octanol–water partition coefficient (Wildman–Crippen LogP) is 1.25. The van der Waals surface area contributed by atoms with Crippen molar-refractivity contribution in [2.24, 2.45) is 0 Å². The summed E-state index contributed by atoms with van der Waals surface area (Å²) >= 11 is 0. The van der Waals surface area contributed by atoms with Crippen LogP contribution < -0.4 is 5.32 Å². The smallest absolute Gasteiger partial charge is 0.0607 e. The van der Waals surface area contributed by atoms with E-state index in [4.69, 9.17) is 5.11 Å². The molecule has 0 atom stereocenters. The van der Waals surface area contributed by atoms with E-state index in [0.29, 0.717) is 0 Å². The number of aliphatic hydroxyl groups is 1. The third-order valence-electron chi connectivity index (χ3n) is 2.30. The number of pyridine rings is 1. The number of rotatable bonds is 4. The lowest BCUT2D eigenvalue weighted by Crippen LogP contribution is -2.42. The Kier molecular flexibility index (Phi) is 3.61. The Hall–Kier alpha value is -0.930. The maximum atomic E-state index is 9.06. The van der Waals surface area contributed by atoms with Gasteiger partial charge in [0, 0.05) is 24.5 Å². The fourth-order valence-corrected chi connectivity index (χ4v) is 1.07. The van der Waals surface area contributed by atoms with Gasteiger partial charge in [0.1, 0.15) is 0 Å². The van der Waals surface area contributed by atoms with Crippen LogP contribution in [0.2, 0.25) is 0 Å². The minimum Gasteiger partial charge on any atom is -0.394 e. The van der Waals surface area contributed by atoms with Gasteiger partial charge in [-0.25, -0.2) is 0 Å². The predicted molar refractivity (Wildman–Crippen MR) is 57.0 cm³/mol. The molecule has 0 unspecified atom stereocenters. The summed E-state index contributed by atoms with van der Waals surface area (Å²) in [7, 11) is 0. The molecule has 3 nitrogen and oxygen atoms in total. The molecule has 0 aliphatic heterocycles. The lowest BCUT2D eigenvalue weighted by atomic mass is 10.1. The normalized spacial score (nSPS) is 11.7. The van der Waals surface area contributed by atoms with Crippen molar-refractivity contribution in [2.75, 3.05) is 6.61 Å². The van der Waals surface area contributed by atoms with Gasteiger partial charge in [0.05, 0.1) is 6.61 Å². The van der Waals surface area contributed by atoms with E-state index in [-0.39, 0.29) is 12.1 Å². The van der Waals surface area contributed by atoms with Crippen molar-refractivity contribution in [3.05, 3.63) is 29.6 Å². The van der Waals surface area contributed by atoms with Crippen molar-refractivity contribution in [1.29, 1.82) is 0 Å². The third-order valence-corrected chi connectivity index (χ3v) is 2.30. The van der Waals surface area contributed by atoms with Crippen LogP contribution in [-0.4, -0.2) is 22.2 Å². The van der Waals surface area contributed by atoms with E-state index < -0.39 is 0 Å². The van der Waals surface area contributed by atoms with E-state index in [2.05, 4.69) is 17.2 Å². The van der Waals surface area contributed by atoms with Crippen molar-refractivity contribution in [2.45, 2.75) is 32.9 Å². The summed E-state index contributed by atoms with van der Waals surface area (Å²) in [6.45, 7) is 6.88. The van der Waals surface area contributed by atoms with E-state index >= 15 is 0 Å². The first-order valence-electron chi connectivity index (χ1n) is 4.80. The standard InChI is InChI=1S/C11H18N2O/c1-9-4-5-12-6-10(9)7-13-11(2,3)8-14/h4-6,13-14H,7-8H2,1-3H3. The average Bonchev–Trinajstić information content (AvgIpc) is 2.17. The summed E-state index contributed by atoms with van der Waals surface area (Å²) < 4.78 is 0. The van der Waals surface area contributed by atoms with Crippen LogP contribution in [0.1, 0.15) is 25.0 Å². The molecule has 0 aliphatic carbocycles. The zero-order chi connectivity index (χ0) is 10.6. The number of hydrogen-bond donors (Lipinski definition) is 2. The molecular weight excluding hydrogens is 176 g/mol. The van der Waals surface area contributed by atoms with Crippen molar-refractivity contribution >= 4 is 0 Å². The van der Waals surface area contributed by atoms with E-state index in [0.717, 1.165) is 6.54 Å². The van der Waals surface area contributed by atoms with Crippen LogP contribution >= 0.6 is 0 Å². The molecule has 0 saturated carbocycles. The third kappa shape index (κ3) is 3.09. The van der Waals surface area contributed by atoms with Crippen LogP contribution in [0, 0.1) is 6.92 Å². The van der Waals surface area contributed by atoms with Gasteiger partial charge in [-0.2, -0.15) is 0 Å². The number of nitrogens with one attached hydrogen (secondary N) is 1. The monoisotopic (exact) mass is 194 g/mol. The van der Waals surface area contributed by atoms with Crippen molar-refractivity contribution < 1.29 is 5.11 Å². The maximum absolute atomic E-state index is 9.06. The first kappa shape index (κ1) is 11.1. The fourth-order valence-electron chi connectivity index (χ4n) is 1.07. The molecule has 14 heavy (non-hydrogen) atoms. The van der Waals surface area contributed by atoms with Crippen LogP contribution in [0.25, 0.3) is 0 Å². The highest BCUT2D eigenvalue weighted by molar-refractivity contribution is 5.21. The molecule has 0 amide bonds. The Morgan fingerprint density at radius 1 is 1.50 bits per heavy atom. The molecule has 0 fully saturated rings. The van der Waals surface area contributed by atoms with E-state index in [1.165, 1.54) is 11.1 Å². The Morgan fingerprint density at radius 2 is 2.21 bits per heavy atom. The Morgan fingerprint density at radius 3 is 2.79 bits per heavy atom. The number of aromatic nitrogens is 1. The van der Waals surface area contributed by atoms with E-state index in [1.807, 2.05) is 26.1 Å². The molecule has 0 radical (unpaired) electrons. The maximum Gasteiger partial charge on any atom is 0.0607 e. The zero-order valence-electron chi connectivity index (χ0n) is 9.04. The number of aryl methyl sites for hydroxylation is 1. The highest BCUT2D eigenvalue weighted by atomic mass is 16.3. The molecule has 1 aromatic rings. The van der Waals surface area contributed by atoms with Gasteiger partial charge >= 0.3 is 0 Å². The quantitative estimate of drug-likeness (QED) is 0.758. The second-order valence-electron chi connectivity index (χ2n) is 4.20. The summed E-state index contributed by atoms with van der Waals surface area (Å²) in [5.41, 5.74) is 2.16. The number of nitrogens with zero attached hydrogens (tertiary/aromatic N) is 1. The lowest BCUT2D eigenvalue weighted by molar-refractivity contribution is 0.187. The fraction of sp³-hybridized carbons (Fsp3) is 0.545. The lowest BCUT2D eigenvalue weighted by Gasteiger charge is -2.23. The molecular formula is C11H18N2O. The van der Waals surface area contributed by atoms with Gasteiger partial charge < -0.3 is 10.4 Å². The summed E-state index contributed by atoms with van der Waals surface area (Å²) in [5, 5.41) is 12.3. The first-order chi connectivity index (χ1) is 6.55. The average molecular weight is 194 g/mol. The summed E-state index contributed by atoms with van der Waals surface area (Å²) in [6.07, 6.45) is 3.64. The van der Waals surface area contributed by atoms with Crippen LogP contribution in [0.3, 0.4) is 0 Å². The second kappa shape index (κ2) is 4.53. The van der Waals surface area contributed by atoms with Crippen molar-refractivity contribution in [3.8, 4) is 0 Å². The highest BCUT2D eigenvalue weighted by Gasteiger charge is 2.15. The Labute approximate surface area is 85.2 Å². The molecule has 0 aromatic carbocycles. The van der Waals surface area contributed by atoms with Gasteiger partial charge in [0.15, 0.2) is 0 Å². The van der Waals surface area contributed by atoms with Crippen LogP contribution in [0.4, 0.5) is 0 Å². The minimum atomic E-state index is -0.234. The summed E-state index contributed by atoms with van der Waals surface area (Å²) in [6, 6.07) is 1.99.